The zero-order chi connectivity index (χ0) is 35.8. The number of ether oxygens (including phenoxy) is 1. The van der Waals surface area contributed by atoms with Crippen molar-refractivity contribution in [2.45, 2.75) is 145 Å². The summed E-state index contributed by atoms with van der Waals surface area (Å²) in [5, 5.41) is 15.7. The third-order valence-corrected chi connectivity index (χ3v) is 16.8. The lowest BCUT2D eigenvalue weighted by Crippen LogP contribution is -2.67. The van der Waals surface area contributed by atoms with Crippen LogP contribution in [-0.4, -0.2) is 34.0 Å². The number of rotatable bonds is 9. The first-order chi connectivity index (χ1) is 22.8. The maximum Gasteiger partial charge on any atom is 0.309 e. The van der Waals surface area contributed by atoms with Crippen molar-refractivity contribution in [2.24, 2.45) is 62.1 Å². The van der Waals surface area contributed by atoms with Gasteiger partial charge in [-0.05, 0) is 136 Å². The third kappa shape index (κ3) is 5.82. The van der Waals surface area contributed by atoms with Gasteiger partial charge in [0, 0.05) is 23.4 Å². The van der Waals surface area contributed by atoms with E-state index in [-0.39, 0.29) is 45.5 Å². The second kappa shape index (κ2) is 12.5. The lowest BCUT2D eigenvalue weighted by atomic mass is 9.32. The van der Waals surface area contributed by atoms with Crippen LogP contribution in [-0.2, 0) is 25.7 Å². The van der Waals surface area contributed by atoms with Gasteiger partial charge in [-0.15, -0.1) is 11.3 Å². The van der Waals surface area contributed by atoms with Crippen molar-refractivity contribution in [3.8, 4) is 0 Å². The third-order valence-electron chi connectivity index (χ3n) is 16.1. The molecule has 0 spiro atoms. The molecule has 0 saturated heterocycles. The normalized spacial score (nSPS) is 41.0. The standard InChI is InChI=1S/C41H62N2O5S/c1-25(2)26-12-17-41(22-31(44)43-24-32-42-20-21-49-32)19-18-39(8)27(34(26)41)10-11-29-38(7)15-14-30(48-33(45)23-36(3,4)35(46)47)37(5,6)28(38)13-16-40(29,39)9/h20-21,26-30,34H,1,10-19,22-24H2,2-9H3,(H,43,44)(H,46,47)/t26-,27+,28-,29+,30-,34+,38-,39+,40+,41+/m0/s1. The summed E-state index contributed by atoms with van der Waals surface area (Å²) in [6, 6.07) is 0. The molecule has 8 heteroatoms. The van der Waals surface area contributed by atoms with Gasteiger partial charge >= 0.3 is 11.9 Å². The van der Waals surface area contributed by atoms with E-state index in [2.05, 4.69) is 58.4 Å². The SMILES string of the molecule is C=C(C)[C@@H]1CC[C@]2(CC(=O)NCc3nccs3)CC[C@]3(C)[C@H](CC[C@@H]4[C@@]5(C)CC[C@H](OC(=O)CC(C)(C)C(=O)O)C(C)(C)[C@@H]5CC[C@]43C)[C@@H]12. The molecule has 0 aliphatic heterocycles. The van der Waals surface area contributed by atoms with E-state index in [1.54, 1.807) is 31.4 Å². The molecule has 5 aliphatic carbocycles. The number of nitrogens with one attached hydrogen (secondary N) is 1. The average molecular weight is 695 g/mol. The second-order valence-electron chi connectivity index (χ2n) is 19.1. The minimum atomic E-state index is -1.14. The van der Waals surface area contributed by atoms with E-state index in [1.165, 1.54) is 31.3 Å². The number of allylic oxidation sites excluding steroid dienone is 1. The average Bonchev–Trinajstić information content (AvgIpc) is 3.66. The maximum atomic E-state index is 13.6. The molecule has 1 heterocycles. The van der Waals surface area contributed by atoms with Gasteiger partial charge in [0.15, 0.2) is 0 Å². The molecule has 5 saturated carbocycles. The quantitative estimate of drug-likeness (QED) is 0.197. The summed E-state index contributed by atoms with van der Waals surface area (Å²) in [4.78, 5) is 42.7. The fourth-order valence-corrected chi connectivity index (χ4v) is 13.9. The predicted octanol–water partition coefficient (Wildman–Crippen LogP) is 9.22. The van der Waals surface area contributed by atoms with Gasteiger partial charge in [-0.1, -0.05) is 46.8 Å². The van der Waals surface area contributed by atoms with Crippen LogP contribution < -0.4 is 5.32 Å². The number of aromatic nitrogens is 1. The Morgan fingerprint density at radius 1 is 0.980 bits per heavy atom. The van der Waals surface area contributed by atoms with Gasteiger partial charge in [-0.2, -0.15) is 0 Å². The number of hydrogen-bond acceptors (Lipinski definition) is 6. The highest BCUT2D eigenvalue weighted by Crippen LogP contribution is 2.78. The summed E-state index contributed by atoms with van der Waals surface area (Å²) in [5.74, 6) is 1.34. The first kappa shape index (κ1) is 36.6. The minimum absolute atomic E-state index is 0.0319. The number of amides is 1. The van der Waals surface area contributed by atoms with Crippen LogP contribution in [0.3, 0.4) is 0 Å². The van der Waals surface area contributed by atoms with E-state index in [9.17, 15) is 19.5 Å². The zero-order valence-electron chi connectivity index (χ0n) is 31.5. The van der Waals surface area contributed by atoms with E-state index in [4.69, 9.17) is 4.74 Å². The fourth-order valence-electron chi connectivity index (χ4n) is 13.3. The molecule has 5 fully saturated rings. The van der Waals surface area contributed by atoms with E-state index < -0.39 is 17.4 Å². The van der Waals surface area contributed by atoms with Crippen LogP contribution in [0.25, 0.3) is 0 Å². The number of hydrogen-bond donors (Lipinski definition) is 2. The Morgan fingerprint density at radius 3 is 2.37 bits per heavy atom. The summed E-state index contributed by atoms with van der Waals surface area (Å²) in [5.41, 5.74) is 0.502. The molecule has 272 valence electrons. The van der Waals surface area contributed by atoms with Gasteiger partial charge < -0.3 is 15.2 Å². The largest absolute Gasteiger partial charge is 0.481 e. The number of carboxylic acids is 1. The van der Waals surface area contributed by atoms with E-state index in [0.29, 0.717) is 42.6 Å². The van der Waals surface area contributed by atoms with Crippen LogP contribution in [0.2, 0.25) is 0 Å². The van der Waals surface area contributed by atoms with Crippen molar-refractivity contribution in [3.05, 3.63) is 28.7 Å². The lowest BCUT2D eigenvalue weighted by Gasteiger charge is -2.73. The van der Waals surface area contributed by atoms with Crippen LogP contribution in [0.4, 0.5) is 0 Å². The lowest BCUT2D eigenvalue weighted by molar-refractivity contribution is -0.250. The number of carbonyl (C=O) groups excluding carboxylic acids is 2. The molecule has 2 N–H and O–H groups in total. The Balaban J connectivity index is 1.23. The molecular formula is C41H62N2O5S. The van der Waals surface area contributed by atoms with E-state index in [1.807, 2.05) is 5.38 Å². The van der Waals surface area contributed by atoms with Gasteiger partial charge in [0.25, 0.3) is 0 Å². The highest BCUT2D eigenvalue weighted by molar-refractivity contribution is 7.09. The van der Waals surface area contributed by atoms with Crippen LogP contribution in [0, 0.1) is 62.1 Å². The Bertz CT molecular complexity index is 1470. The summed E-state index contributed by atoms with van der Waals surface area (Å²) in [7, 11) is 0. The molecule has 6 rings (SSSR count). The molecule has 7 nitrogen and oxygen atoms in total. The predicted molar refractivity (Wildman–Crippen MR) is 193 cm³/mol. The molecule has 1 amide bonds. The summed E-state index contributed by atoms with van der Waals surface area (Å²) in [6.45, 7) is 22.9. The highest BCUT2D eigenvalue weighted by Gasteiger charge is 2.71. The number of esters is 1. The number of carboxylic acid groups (broad SMARTS) is 1. The Labute approximate surface area is 298 Å². The minimum Gasteiger partial charge on any atom is -0.481 e. The number of carbonyl (C=O) groups is 3. The number of aliphatic carboxylic acids is 1. The Hall–Kier alpha value is -2.22. The zero-order valence-corrected chi connectivity index (χ0v) is 32.3. The van der Waals surface area contributed by atoms with Gasteiger partial charge in [0.2, 0.25) is 5.91 Å². The van der Waals surface area contributed by atoms with Crippen molar-refractivity contribution in [1.82, 2.24) is 10.3 Å². The van der Waals surface area contributed by atoms with Gasteiger partial charge in [0.1, 0.15) is 11.1 Å². The number of nitrogens with zero attached hydrogens (tertiary/aromatic N) is 1. The van der Waals surface area contributed by atoms with Gasteiger partial charge in [-0.25, -0.2) is 4.98 Å². The van der Waals surface area contributed by atoms with Crippen molar-refractivity contribution in [3.63, 3.8) is 0 Å². The molecule has 49 heavy (non-hydrogen) atoms. The first-order valence-corrected chi connectivity index (χ1v) is 19.9. The molecule has 5 aliphatic rings. The van der Waals surface area contributed by atoms with E-state index >= 15 is 0 Å². The second-order valence-corrected chi connectivity index (χ2v) is 20.1. The molecule has 1 aromatic heterocycles. The molecule has 0 aromatic carbocycles. The molecule has 0 radical (unpaired) electrons. The summed E-state index contributed by atoms with van der Waals surface area (Å²) >= 11 is 1.59. The number of fused-ring (bicyclic) bond motifs is 7. The Morgan fingerprint density at radius 2 is 1.71 bits per heavy atom. The first-order valence-electron chi connectivity index (χ1n) is 19.0. The highest BCUT2D eigenvalue weighted by atomic mass is 32.1. The van der Waals surface area contributed by atoms with Crippen molar-refractivity contribution >= 4 is 29.2 Å². The summed E-state index contributed by atoms with van der Waals surface area (Å²) in [6.07, 6.45) is 13.2. The molecule has 0 bridgehead atoms. The van der Waals surface area contributed by atoms with Crippen molar-refractivity contribution < 1.29 is 24.2 Å². The topological polar surface area (TPSA) is 106 Å². The van der Waals surface area contributed by atoms with Gasteiger partial charge in [0.05, 0.1) is 18.4 Å². The van der Waals surface area contributed by atoms with Crippen LogP contribution in [0.5, 0.6) is 0 Å². The Kier molecular flexibility index (Phi) is 9.31. The van der Waals surface area contributed by atoms with Crippen molar-refractivity contribution in [2.75, 3.05) is 0 Å². The molecule has 10 atom stereocenters. The van der Waals surface area contributed by atoms with Gasteiger partial charge in [-0.3, -0.25) is 14.4 Å². The number of thiazole rings is 1. The van der Waals surface area contributed by atoms with E-state index in [0.717, 1.165) is 43.5 Å². The van der Waals surface area contributed by atoms with Crippen LogP contribution in [0.15, 0.2) is 23.7 Å². The fraction of sp³-hybridized carbons (Fsp3) is 0.805. The van der Waals surface area contributed by atoms with Crippen LogP contribution in [0.1, 0.15) is 137 Å². The molecule has 0 unspecified atom stereocenters. The molecular weight excluding hydrogens is 633 g/mol. The summed E-state index contributed by atoms with van der Waals surface area (Å²) < 4.78 is 6.17. The maximum absolute atomic E-state index is 13.6. The smallest absolute Gasteiger partial charge is 0.309 e. The monoisotopic (exact) mass is 694 g/mol. The molecule has 1 aromatic rings. The van der Waals surface area contributed by atoms with Crippen molar-refractivity contribution in [1.29, 1.82) is 0 Å². The van der Waals surface area contributed by atoms with Crippen LogP contribution >= 0.6 is 11.3 Å².